The van der Waals surface area contributed by atoms with Gasteiger partial charge < -0.3 is 24.3 Å². The van der Waals surface area contributed by atoms with Crippen LogP contribution in [0.2, 0.25) is 0 Å². The van der Waals surface area contributed by atoms with Crippen LogP contribution in [0.5, 0.6) is 0 Å². The van der Waals surface area contributed by atoms with E-state index < -0.39 is 35.2 Å². The van der Waals surface area contributed by atoms with Crippen molar-refractivity contribution in [1.29, 1.82) is 0 Å². The third-order valence-corrected chi connectivity index (χ3v) is 5.75. The van der Waals surface area contributed by atoms with Crippen LogP contribution in [0.4, 0.5) is 0 Å². The van der Waals surface area contributed by atoms with E-state index in [0.717, 1.165) is 25.7 Å². The average molecular weight is 445 g/mol. The van der Waals surface area contributed by atoms with E-state index in [1.165, 1.54) is 6.92 Å². The maximum Gasteiger partial charge on any atom is 0.328 e. The van der Waals surface area contributed by atoms with E-state index in [4.69, 9.17) is 14.6 Å². The van der Waals surface area contributed by atoms with Gasteiger partial charge in [-0.2, -0.15) is 0 Å². The summed E-state index contributed by atoms with van der Waals surface area (Å²) in [5.41, 5.74) is 0. The number of likely N-dealkylation sites (tertiary alicyclic amines) is 1. The summed E-state index contributed by atoms with van der Waals surface area (Å²) >= 11 is 0. The number of amides is 1. The molecule has 0 spiro atoms. The van der Waals surface area contributed by atoms with Gasteiger partial charge in [0, 0.05) is 6.04 Å². The topological polar surface area (TPSA) is 158 Å². The van der Waals surface area contributed by atoms with Crippen LogP contribution in [0.1, 0.15) is 46.0 Å². The minimum Gasteiger partial charge on any atom is -0.480 e. The predicted molar refractivity (Wildman–Crippen MR) is 105 cm³/mol. The fourth-order valence-corrected chi connectivity index (χ4v) is 4.30. The highest BCUT2D eigenvalue weighted by molar-refractivity contribution is 5.89. The number of ether oxygens (including phenoxy) is 2. The molecule has 2 fully saturated rings. The molecule has 1 aliphatic carbocycles. The van der Waals surface area contributed by atoms with E-state index in [1.807, 2.05) is 0 Å². The van der Waals surface area contributed by atoms with Crippen molar-refractivity contribution in [2.75, 3.05) is 26.4 Å². The number of fused-ring (bicyclic) bond motifs is 1. The highest BCUT2D eigenvalue weighted by Gasteiger charge is 2.49. The van der Waals surface area contributed by atoms with Crippen molar-refractivity contribution in [3.63, 3.8) is 0 Å². The second kappa shape index (κ2) is 11.8. The molecule has 5 unspecified atom stereocenters. The molecule has 1 aliphatic heterocycles. The first-order valence-electron chi connectivity index (χ1n) is 10.5. The Balaban J connectivity index is 1.92. The van der Waals surface area contributed by atoms with Crippen LogP contribution in [-0.2, 0) is 28.7 Å². The van der Waals surface area contributed by atoms with Crippen molar-refractivity contribution in [2.24, 2.45) is 5.92 Å². The van der Waals surface area contributed by atoms with Crippen LogP contribution in [0.15, 0.2) is 0 Å². The lowest BCUT2D eigenvalue weighted by molar-refractivity contribution is -0.758. The summed E-state index contributed by atoms with van der Waals surface area (Å²) in [5.74, 6) is -1.67. The van der Waals surface area contributed by atoms with Crippen molar-refractivity contribution in [3.05, 3.63) is 10.1 Å². The van der Waals surface area contributed by atoms with E-state index in [0.29, 0.717) is 6.42 Å². The van der Waals surface area contributed by atoms with Crippen LogP contribution < -0.4 is 5.32 Å². The maximum atomic E-state index is 13.1. The normalized spacial score (nSPS) is 24.7. The zero-order valence-corrected chi connectivity index (χ0v) is 17.9. The quantitative estimate of drug-likeness (QED) is 0.186. The fraction of sp³-hybridized carbons (Fsp3) is 0.842. The molecule has 1 saturated heterocycles. The SMILES string of the molecule is CC(NC(C)C(=O)N1C(C(=O)OCCOCCO[N+](=O)[O-])CC2CCCCC21)C(=O)O. The Morgan fingerprint density at radius 3 is 2.48 bits per heavy atom. The summed E-state index contributed by atoms with van der Waals surface area (Å²) in [5, 5.41) is 21.0. The third kappa shape index (κ3) is 7.03. The molecule has 176 valence electrons. The van der Waals surface area contributed by atoms with Crippen molar-refractivity contribution in [1.82, 2.24) is 10.2 Å². The van der Waals surface area contributed by atoms with Gasteiger partial charge in [-0.25, -0.2) is 4.79 Å². The van der Waals surface area contributed by atoms with Gasteiger partial charge in [0.25, 0.3) is 5.09 Å². The summed E-state index contributed by atoms with van der Waals surface area (Å²) in [7, 11) is 0. The molecule has 1 saturated carbocycles. The third-order valence-electron chi connectivity index (χ3n) is 5.75. The molecule has 0 aromatic heterocycles. The lowest BCUT2D eigenvalue weighted by atomic mass is 9.84. The van der Waals surface area contributed by atoms with Crippen molar-refractivity contribution in [2.45, 2.75) is 70.1 Å². The molecule has 12 heteroatoms. The van der Waals surface area contributed by atoms with Gasteiger partial charge in [0.2, 0.25) is 5.91 Å². The number of hydrogen-bond acceptors (Lipinski definition) is 9. The van der Waals surface area contributed by atoms with Crippen molar-refractivity contribution < 1.29 is 38.9 Å². The number of nitrogens with one attached hydrogen (secondary N) is 1. The van der Waals surface area contributed by atoms with Gasteiger partial charge in [-0.15, -0.1) is 10.1 Å². The maximum absolute atomic E-state index is 13.1. The van der Waals surface area contributed by atoms with E-state index in [9.17, 15) is 24.5 Å². The molecule has 5 atom stereocenters. The summed E-state index contributed by atoms with van der Waals surface area (Å²) in [6, 6.07) is -2.43. The van der Waals surface area contributed by atoms with E-state index in [-0.39, 0.29) is 44.3 Å². The fourth-order valence-electron chi connectivity index (χ4n) is 4.30. The second-order valence-electron chi connectivity index (χ2n) is 7.89. The standard InChI is InChI=1S/C19H31N3O9/c1-12(20-13(2)18(24)25)17(23)21-15-6-4-3-5-14(15)11-16(21)19(26)30-9-7-29-8-10-31-22(27)28/h12-16,20H,3-11H2,1-2H3,(H,24,25). The Morgan fingerprint density at radius 1 is 1.13 bits per heavy atom. The monoisotopic (exact) mass is 445 g/mol. The van der Waals surface area contributed by atoms with Crippen LogP contribution in [-0.4, -0.2) is 83.5 Å². The number of hydrogen-bond donors (Lipinski definition) is 2. The number of rotatable bonds is 12. The molecule has 31 heavy (non-hydrogen) atoms. The molecule has 0 bridgehead atoms. The molecule has 2 N–H and O–H groups in total. The summed E-state index contributed by atoms with van der Waals surface area (Å²) in [6.07, 6.45) is 4.29. The number of carbonyl (C=O) groups is 3. The van der Waals surface area contributed by atoms with Gasteiger partial charge in [-0.05, 0) is 39.0 Å². The first kappa shape index (κ1) is 24.8. The summed E-state index contributed by atoms with van der Waals surface area (Å²) < 4.78 is 10.4. The predicted octanol–water partition coefficient (Wildman–Crippen LogP) is 0.365. The first-order chi connectivity index (χ1) is 14.7. The van der Waals surface area contributed by atoms with Crippen molar-refractivity contribution in [3.8, 4) is 0 Å². The van der Waals surface area contributed by atoms with E-state index in [2.05, 4.69) is 10.2 Å². The number of aliphatic carboxylic acids is 1. The Hall–Kier alpha value is -2.47. The van der Waals surface area contributed by atoms with Gasteiger partial charge in [-0.1, -0.05) is 12.8 Å². The molecule has 0 aromatic rings. The molecular weight excluding hydrogens is 414 g/mol. The average Bonchev–Trinajstić information content (AvgIpc) is 3.11. The van der Waals surface area contributed by atoms with Crippen molar-refractivity contribution >= 4 is 17.8 Å². The Labute approximate surface area is 180 Å². The molecule has 12 nitrogen and oxygen atoms in total. The number of carboxylic acids is 1. The Bertz CT molecular complexity index is 660. The van der Waals surface area contributed by atoms with E-state index in [1.54, 1.807) is 11.8 Å². The minimum absolute atomic E-state index is 0.0122. The van der Waals surface area contributed by atoms with Crippen LogP contribution in [0.25, 0.3) is 0 Å². The molecule has 2 aliphatic rings. The second-order valence-corrected chi connectivity index (χ2v) is 7.89. The molecular formula is C19H31N3O9. The largest absolute Gasteiger partial charge is 0.480 e. The van der Waals surface area contributed by atoms with E-state index >= 15 is 0 Å². The van der Waals surface area contributed by atoms with Crippen LogP contribution in [0.3, 0.4) is 0 Å². The van der Waals surface area contributed by atoms with Crippen LogP contribution >= 0.6 is 0 Å². The van der Waals surface area contributed by atoms with Gasteiger partial charge in [0.15, 0.2) is 0 Å². The highest BCUT2D eigenvalue weighted by Crippen LogP contribution is 2.40. The molecule has 0 radical (unpaired) electrons. The van der Waals surface area contributed by atoms with Gasteiger partial charge in [0.05, 0.1) is 19.3 Å². The zero-order chi connectivity index (χ0) is 23.0. The lowest BCUT2D eigenvalue weighted by Gasteiger charge is -2.35. The number of carboxylic acid groups (broad SMARTS) is 1. The number of carbonyl (C=O) groups excluding carboxylic acids is 2. The van der Waals surface area contributed by atoms with Gasteiger partial charge >= 0.3 is 11.9 Å². The number of nitrogens with zero attached hydrogens (tertiary/aromatic N) is 2. The molecule has 1 amide bonds. The highest BCUT2D eigenvalue weighted by atomic mass is 17.0. The van der Waals surface area contributed by atoms with Crippen LogP contribution in [0, 0.1) is 16.0 Å². The minimum atomic E-state index is -1.06. The first-order valence-corrected chi connectivity index (χ1v) is 10.5. The lowest BCUT2D eigenvalue weighted by Crippen LogP contribution is -2.55. The zero-order valence-electron chi connectivity index (χ0n) is 17.9. The smallest absolute Gasteiger partial charge is 0.328 e. The summed E-state index contributed by atoms with van der Waals surface area (Å²) in [6.45, 7) is 2.84. The molecule has 1 heterocycles. The summed E-state index contributed by atoms with van der Waals surface area (Å²) in [4.78, 5) is 52.7. The molecule has 0 aromatic carbocycles. The number of esters is 1. The van der Waals surface area contributed by atoms with Gasteiger partial charge in [-0.3, -0.25) is 14.9 Å². The molecule has 2 rings (SSSR count). The Morgan fingerprint density at radius 2 is 1.81 bits per heavy atom. The Kier molecular flexibility index (Phi) is 9.44. The van der Waals surface area contributed by atoms with Gasteiger partial charge in [0.1, 0.15) is 25.3 Å².